The lowest BCUT2D eigenvalue weighted by atomic mass is 9.93. The highest BCUT2D eigenvalue weighted by molar-refractivity contribution is 4.73. The first-order valence-corrected chi connectivity index (χ1v) is 4.84. The second-order valence-electron chi connectivity index (χ2n) is 3.81. The van der Waals surface area contributed by atoms with Gasteiger partial charge in [0.15, 0.2) is 0 Å². The molecule has 0 aliphatic heterocycles. The van der Waals surface area contributed by atoms with E-state index in [1.54, 1.807) is 0 Å². The van der Waals surface area contributed by atoms with Crippen molar-refractivity contribution in [2.75, 3.05) is 0 Å². The van der Waals surface area contributed by atoms with Crippen molar-refractivity contribution in [3.8, 4) is 0 Å². The molecule has 0 bridgehead atoms. The lowest BCUT2D eigenvalue weighted by molar-refractivity contribution is 0.380. The van der Waals surface area contributed by atoms with Gasteiger partial charge >= 0.3 is 0 Å². The molecule has 0 amide bonds. The van der Waals surface area contributed by atoms with Crippen molar-refractivity contribution in [1.29, 1.82) is 0 Å². The molecule has 0 aromatic rings. The fourth-order valence-corrected chi connectivity index (χ4v) is 2.12. The molecule has 1 saturated carbocycles. The average molecular weight is 140 g/mol. The Kier molecular flexibility index (Phi) is 3.24. The maximum atomic E-state index is 2.42. The molecule has 0 aromatic heterocycles. The van der Waals surface area contributed by atoms with Crippen molar-refractivity contribution in [2.24, 2.45) is 11.8 Å². The quantitative estimate of drug-likeness (QED) is 0.561. The highest BCUT2D eigenvalue weighted by atomic mass is 14.3. The van der Waals surface area contributed by atoms with Crippen LogP contribution in [-0.4, -0.2) is 0 Å². The summed E-state index contributed by atoms with van der Waals surface area (Å²) in [6.45, 7) is 4.72. The van der Waals surface area contributed by atoms with Crippen LogP contribution in [0.5, 0.6) is 0 Å². The number of rotatable bonds is 3. The van der Waals surface area contributed by atoms with Gasteiger partial charge in [-0.1, -0.05) is 52.4 Å². The molecule has 0 aromatic carbocycles. The lowest BCUT2D eigenvalue weighted by Crippen LogP contribution is -2.02. The van der Waals surface area contributed by atoms with Gasteiger partial charge in [-0.2, -0.15) is 0 Å². The van der Waals surface area contributed by atoms with Gasteiger partial charge in [0.1, 0.15) is 0 Å². The Morgan fingerprint density at radius 2 is 2.10 bits per heavy atom. The third-order valence-corrected chi connectivity index (χ3v) is 2.97. The van der Waals surface area contributed by atoms with Crippen molar-refractivity contribution in [3.63, 3.8) is 0 Å². The predicted molar refractivity (Wildman–Crippen MR) is 46.0 cm³/mol. The van der Waals surface area contributed by atoms with E-state index in [1.165, 1.54) is 38.5 Å². The van der Waals surface area contributed by atoms with Gasteiger partial charge in [-0.25, -0.2) is 0 Å². The summed E-state index contributed by atoms with van der Waals surface area (Å²) < 4.78 is 0. The van der Waals surface area contributed by atoms with Crippen LogP contribution in [-0.2, 0) is 0 Å². The van der Waals surface area contributed by atoms with Gasteiger partial charge in [0.05, 0.1) is 0 Å². The highest BCUT2D eigenvalue weighted by Crippen LogP contribution is 2.34. The molecule has 1 aliphatic carbocycles. The summed E-state index contributed by atoms with van der Waals surface area (Å²) in [5.74, 6) is 2.12. The zero-order valence-corrected chi connectivity index (χ0v) is 7.40. The minimum absolute atomic E-state index is 1.03. The predicted octanol–water partition coefficient (Wildman–Crippen LogP) is 3.61. The molecule has 60 valence electrons. The maximum absolute atomic E-state index is 2.42. The topological polar surface area (TPSA) is 0 Å². The van der Waals surface area contributed by atoms with Crippen LogP contribution < -0.4 is 0 Å². The standard InChI is InChI=1S/C10H20/c1-3-4-7-10-8-5-6-9(10)2/h9-10H,3-8H2,1-2H3/t9-,10+/m0/s1. The SMILES string of the molecule is CCCC[C@@H]1CCC[C@@H]1C. The molecule has 0 N–H and O–H groups in total. The van der Waals surface area contributed by atoms with E-state index in [1.807, 2.05) is 0 Å². The zero-order chi connectivity index (χ0) is 7.40. The van der Waals surface area contributed by atoms with Crippen LogP contribution in [0.4, 0.5) is 0 Å². The molecule has 0 heterocycles. The zero-order valence-electron chi connectivity index (χ0n) is 7.40. The first kappa shape index (κ1) is 8.10. The second kappa shape index (κ2) is 4.00. The van der Waals surface area contributed by atoms with Crippen LogP contribution in [0.2, 0.25) is 0 Å². The summed E-state index contributed by atoms with van der Waals surface area (Å²) in [4.78, 5) is 0. The molecular weight excluding hydrogens is 120 g/mol. The summed E-state index contributed by atoms with van der Waals surface area (Å²) in [5, 5.41) is 0. The first-order valence-electron chi connectivity index (χ1n) is 4.84. The van der Waals surface area contributed by atoms with E-state index in [9.17, 15) is 0 Å². The fraction of sp³-hybridized carbons (Fsp3) is 1.00. The van der Waals surface area contributed by atoms with E-state index in [4.69, 9.17) is 0 Å². The minimum atomic E-state index is 1.03. The molecule has 2 atom stereocenters. The Hall–Kier alpha value is 0. The molecule has 0 spiro atoms. The van der Waals surface area contributed by atoms with Crippen molar-refractivity contribution in [1.82, 2.24) is 0 Å². The second-order valence-corrected chi connectivity index (χ2v) is 3.81. The molecule has 0 saturated heterocycles. The van der Waals surface area contributed by atoms with E-state index in [-0.39, 0.29) is 0 Å². The molecule has 0 heteroatoms. The molecule has 0 unspecified atom stereocenters. The van der Waals surface area contributed by atoms with E-state index in [2.05, 4.69) is 13.8 Å². The van der Waals surface area contributed by atoms with Crippen LogP contribution in [0, 0.1) is 11.8 Å². The highest BCUT2D eigenvalue weighted by Gasteiger charge is 2.21. The maximum Gasteiger partial charge on any atom is -0.0388 e. The first-order chi connectivity index (χ1) is 4.84. The summed E-state index contributed by atoms with van der Waals surface area (Å²) in [7, 11) is 0. The number of unbranched alkanes of at least 4 members (excludes halogenated alkanes) is 1. The van der Waals surface area contributed by atoms with Crippen LogP contribution >= 0.6 is 0 Å². The monoisotopic (exact) mass is 140 g/mol. The molecular formula is C10H20. The fourth-order valence-electron chi connectivity index (χ4n) is 2.12. The Labute approximate surface area is 65.0 Å². The molecule has 0 nitrogen and oxygen atoms in total. The molecule has 1 rings (SSSR count). The molecule has 0 radical (unpaired) electrons. The molecule has 1 fully saturated rings. The van der Waals surface area contributed by atoms with Crippen LogP contribution in [0.1, 0.15) is 52.4 Å². The largest absolute Gasteiger partial charge is 0.0654 e. The smallest absolute Gasteiger partial charge is 0.0388 e. The van der Waals surface area contributed by atoms with Gasteiger partial charge in [0.2, 0.25) is 0 Å². The third kappa shape index (κ3) is 2.00. The van der Waals surface area contributed by atoms with Gasteiger partial charge in [-0.05, 0) is 11.8 Å². The van der Waals surface area contributed by atoms with Gasteiger partial charge in [0, 0.05) is 0 Å². The van der Waals surface area contributed by atoms with Crippen LogP contribution in [0.25, 0.3) is 0 Å². The van der Waals surface area contributed by atoms with E-state index in [0.717, 1.165) is 11.8 Å². The van der Waals surface area contributed by atoms with Gasteiger partial charge in [0.25, 0.3) is 0 Å². The van der Waals surface area contributed by atoms with E-state index < -0.39 is 0 Å². The van der Waals surface area contributed by atoms with Gasteiger partial charge < -0.3 is 0 Å². The summed E-state index contributed by atoms with van der Waals surface area (Å²) in [6, 6.07) is 0. The Morgan fingerprint density at radius 1 is 1.30 bits per heavy atom. The normalized spacial score (nSPS) is 33.0. The van der Waals surface area contributed by atoms with E-state index >= 15 is 0 Å². The Balaban J connectivity index is 2.14. The Bertz CT molecular complexity index is 86.0. The minimum Gasteiger partial charge on any atom is -0.0654 e. The average Bonchev–Trinajstić information content (AvgIpc) is 2.31. The summed E-state index contributed by atoms with van der Waals surface area (Å²) in [5.41, 5.74) is 0. The third-order valence-electron chi connectivity index (χ3n) is 2.97. The van der Waals surface area contributed by atoms with Gasteiger partial charge in [-0.15, -0.1) is 0 Å². The van der Waals surface area contributed by atoms with Crippen molar-refractivity contribution in [3.05, 3.63) is 0 Å². The number of hydrogen-bond donors (Lipinski definition) is 0. The number of hydrogen-bond acceptors (Lipinski definition) is 0. The van der Waals surface area contributed by atoms with Crippen LogP contribution in [0.3, 0.4) is 0 Å². The van der Waals surface area contributed by atoms with Crippen molar-refractivity contribution in [2.45, 2.75) is 52.4 Å². The van der Waals surface area contributed by atoms with Gasteiger partial charge in [-0.3, -0.25) is 0 Å². The van der Waals surface area contributed by atoms with Crippen molar-refractivity contribution >= 4 is 0 Å². The lowest BCUT2D eigenvalue weighted by Gasteiger charge is -2.13. The molecule has 10 heavy (non-hydrogen) atoms. The Morgan fingerprint density at radius 3 is 2.60 bits per heavy atom. The molecule has 1 aliphatic rings. The summed E-state index contributed by atoms with van der Waals surface area (Å²) in [6.07, 6.45) is 8.83. The summed E-state index contributed by atoms with van der Waals surface area (Å²) >= 11 is 0. The van der Waals surface area contributed by atoms with Crippen molar-refractivity contribution < 1.29 is 0 Å². The van der Waals surface area contributed by atoms with E-state index in [0.29, 0.717) is 0 Å². The van der Waals surface area contributed by atoms with Crippen LogP contribution in [0.15, 0.2) is 0 Å².